The van der Waals surface area contributed by atoms with Crippen LogP contribution in [0.25, 0.3) is 0 Å². The molecule has 1 rings (SSSR count). The highest BCUT2D eigenvalue weighted by Gasteiger charge is 2.38. The smallest absolute Gasteiger partial charge is 0.0680 e. The van der Waals surface area contributed by atoms with Gasteiger partial charge in [-0.3, -0.25) is 0 Å². The molecule has 21 heavy (non-hydrogen) atoms. The molecule has 1 aromatic rings. The van der Waals surface area contributed by atoms with Crippen LogP contribution in [0.3, 0.4) is 0 Å². The van der Waals surface area contributed by atoms with E-state index in [0.29, 0.717) is 17.0 Å². The van der Waals surface area contributed by atoms with Gasteiger partial charge in [0.2, 0.25) is 0 Å². The van der Waals surface area contributed by atoms with Crippen molar-refractivity contribution >= 4 is 20.5 Å². The Hall–Kier alpha value is -0.498. The molecule has 0 spiro atoms. The maximum atomic E-state index is 2.65. The van der Waals surface area contributed by atoms with E-state index >= 15 is 0 Å². The van der Waals surface area contributed by atoms with E-state index < -0.39 is 8.07 Å². The Labute approximate surface area is 135 Å². The van der Waals surface area contributed by atoms with E-state index in [2.05, 4.69) is 92.2 Å². The first-order valence-electron chi connectivity index (χ1n) is 8.54. The molecule has 117 valence electrons. The van der Waals surface area contributed by atoms with Crippen LogP contribution in [0.1, 0.15) is 48.0 Å². The summed E-state index contributed by atoms with van der Waals surface area (Å²) in [7, 11) is 1.22. The zero-order valence-electron chi connectivity index (χ0n) is 15.4. The first-order valence-corrected chi connectivity index (χ1v) is 11.6. The highest BCUT2D eigenvalue weighted by Crippen LogP contribution is 2.43. The van der Waals surface area contributed by atoms with Gasteiger partial charge in [0.15, 0.2) is 0 Å². The number of hydrogen-bond acceptors (Lipinski definition) is 0. The van der Waals surface area contributed by atoms with Crippen LogP contribution in [-0.4, -0.2) is 15.4 Å². The van der Waals surface area contributed by atoms with Crippen molar-refractivity contribution in [3.63, 3.8) is 0 Å². The van der Waals surface area contributed by atoms with Crippen molar-refractivity contribution in [2.24, 2.45) is 5.92 Å². The van der Waals surface area contributed by atoms with Gasteiger partial charge in [-0.05, 0) is 11.5 Å². The fourth-order valence-corrected chi connectivity index (χ4v) is 6.01. The van der Waals surface area contributed by atoms with E-state index in [9.17, 15) is 0 Å². The predicted molar refractivity (Wildman–Crippen MR) is 102 cm³/mol. The fourth-order valence-electron chi connectivity index (χ4n) is 3.03. The van der Waals surface area contributed by atoms with Gasteiger partial charge in [0, 0.05) is 0 Å². The van der Waals surface area contributed by atoms with Gasteiger partial charge in [-0.2, -0.15) is 0 Å². The van der Waals surface area contributed by atoms with E-state index in [0.717, 1.165) is 5.54 Å². The molecule has 0 nitrogen and oxygen atoms in total. The van der Waals surface area contributed by atoms with Crippen molar-refractivity contribution in [1.29, 1.82) is 0 Å². The molecule has 0 aromatic heterocycles. The van der Waals surface area contributed by atoms with Gasteiger partial charge in [-0.1, -0.05) is 108 Å². The van der Waals surface area contributed by atoms with Crippen LogP contribution < -0.4 is 5.19 Å². The van der Waals surface area contributed by atoms with Gasteiger partial charge in [-0.15, -0.1) is 0 Å². The average molecular weight is 301 g/mol. The molecule has 0 saturated heterocycles. The maximum Gasteiger partial charge on any atom is 0.121 e. The normalized spacial score (nSPS) is 15.9. The second-order valence-electron chi connectivity index (χ2n) is 8.09. The molecule has 0 N–H and O–H groups in total. The lowest BCUT2D eigenvalue weighted by Crippen LogP contribution is -2.47. The Morgan fingerprint density at radius 3 is 2.00 bits per heavy atom. The molecule has 0 aliphatic heterocycles. The Bertz CT molecular complexity index is 422. The second-order valence-corrected chi connectivity index (χ2v) is 13.0. The lowest BCUT2D eigenvalue weighted by Gasteiger charge is -2.40. The lowest BCUT2D eigenvalue weighted by molar-refractivity contribution is 0.464. The van der Waals surface area contributed by atoms with E-state index in [-0.39, 0.29) is 0 Å². The van der Waals surface area contributed by atoms with Crippen LogP contribution >= 0.6 is 0 Å². The third-order valence-electron chi connectivity index (χ3n) is 5.90. The topological polar surface area (TPSA) is 0 Å². The first kappa shape index (κ1) is 18.6. The Morgan fingerprint density at radius 2 is 1.57 bits per heavy atom. The van der Waals surface area contributed by atoms with Crippen molar-refractivity contribution < 1.29 is 0 Å². The van der Waals surface area contributed by atoms with Crippen LogP contribution in [0.5, 0.6) is 0 Å². The molecule has 0 aliphatic carbocycles. The molecule has 1 radical (unpaired) electrons. The summed E-state index contributed by atoms with van der Waals surface area (Å²) in [6, 6.07) is 11.2. The minimum absolute atomic E-state index is 0.316. The van der Waals surface area contributed by atoms with Crippen LogP contribution in [0.2, 0.25) is 29.8 Å². The zero-order valence-corrected chi connectivity index (χ0v) is 16.4. The minimum atomic E-state index is -1.43. The maximum absolute atomic E-state index is 2.65. The van der Waals surface area contributed by atoms with Gasteiger partial charge in [-0.25, -0.2) is 0 Å². The molecular formula is C19H34BSi. The molecule has 0 fully saturated rings. The molecule has 0 amide bonds. The lowest BCUT2D eigenvalue weighted by atomic mass is 9.42. The SMILES string of the molecule is CC[C@@H]([B]C(C)(C)C(C)C)[C@H](C)[Si](C)(C)c1ccccc1. The van der Waals surface area contributed by atoms with E-state index in [1.165, 1.54) is 6.42 Å². The Kier molecular flexibility index (Phi) is 6.34. The molecule has 0 saturated carbocycles. The van der Waals surface area contributed by atoms with E-state index in [4.69, 9.17) is 0 Å². The summed E-state index contributed by atoms with van der Waals surface area (Å²) in [5.74, 6) is 1.41. The standard InChI is InChI=1S/C19H34BSi/c1-9-18(20-19(5,6)15(2)3)16(4)21(7,8)17-13-11-10-12-14-17/h10-16,18H,9H2,1-8H3/t16-,18+/m0/s1. The number of rotatable bonds is 7. The molecule has 0 heterocycles. The molecule has 0 aliphatic rings. The number of hydrogen-bond donors (Lipinski definition) is 0. The van der Waals surface area contributed by atoms with Crippen molar-refractivity contribution in [3.05, 3.63) is 30.3 Å². The summed E-state index contributed by atoms with van der Waals surface area (Å²) in [5, 5.41) is 1.91. The van der Waals surface area contributed by atoms with Crippen LogP contribution in [0.15, 0.2) is 30.3 Å². The molecule has 0 unspecified atom stereocenters. The summed E-state index contributed by atoms with van der Waals surface area (Å²) < 4.78 is 0. The van der Waals surface area contributed by atoms with E-state index in [1.807, 2.05) is 0 Å². The summed E-state index contributed by atoms with van der Waals surface area (Å²) in [6.45, 7) is 19.4. The Morgan fingerprint density at radius 1 is 1.05 bits per heavy atom. The van der Waals surface area contributed by atoms with Gasteiger partial charge >= 0.3 is 0 Å². The van der Waals surface area contributed by atoms with Gasteiger partial charge in [0.1, 0.15) is 7.28 Å². The summed E-state index contributed by atoms with van der Waals surface area (Å²) in [5.41, 5.74) is 0.767. The summed E-state index contributed by atoms with van der Waals surface area (Å²) in [6.07, 6.45) is 1.25. The quantitative estimate of drug-likeness (QED) is 0.563. The Balaban J connectivity index is 2.95. The first-order chi connectivity index (χ1) is 9.63. The predicted octanol–water partition coefficient (Wildman–Crippen LogP) is 5.75. The van der Waals surface area contributed by atoms with E-state index in [1.54, 1.807) is 5.19 Å². The third kappa shape index (κ3) is 4.48. The molecular weight excluding hydrogens is 267 g/mol. The zero-order chi connectivity index (χ0) is 16.3. The van der Waals surface area contributed by atoms with Gasteiger partial charge in [0.05, 0.1) is 8.07 Å². The minimum Gasteiger partial charge on any atom is -0.0680 e. The molecule has 1 aromatic carbocycles. The van der Waals surface area contributed by atoms with Crippen molar-refractivity contribution in [2.45, 2.75) is 77.7 Å². The average Bonchev–Trinajstić information content (AvgIpc) is 2.44. The number of benzene rings is 1. The van der Waals surface area contributed by atoms with Crippen LogP contribution in [-0.2, 0) is 0 Å². The monoisotopic (exact) mass is 301 g/mol. The fraction of sp³-hybridized carbons (Fsp3) is 0.684. The summed E-state index contributed by atoms with van der Waals surface area (Å²) >= 11 is 0. The molecule has 2 atom stereocenters. The highest BCUT2D eigenvalue weighted by atomic mass is 28.3. The van der Waals surface area contributed by atoms with Crippen molar-refractivity contribution in [3.8, 4) is 0 Å². The van der Waals surface area contributed by atoms with Crippen molar-refractivity contribution in [2.75, 3.05) is 0 Å². The van der Waals surface area contributed by atoms with Gasteiger partial charge in [0.25, 0.3) is 0 Å². The summed E-state index contributed by atoms with van der Waals surface area (Å²) in [4.78, 5) is 0. The molecule has 0 bridgehead atoms. The largest absolute Gasteiger partial charge is 0.121 e. The molecule has 2 heteroatoms. The van der Waals surface area contributed by atoms with Crippen molar-refractivity contribution in [1.82, 2.24) is 0 Å². The van der Waals surface area contributed by atoms with Crippen LogP contribution in [0, 0.1) is 5.92 Å². The second kappa shape index (κ2) is 7.18. The van der Waals surface area contributed by atoms with Gasteiger partial charge < -0.3 is 0 Å². The third-order valence-corrected chi connectivity index (χ3v) is 10.4. The highest BCUT2D eigenvalue weighted by molar-refractivity contribution is 6.91. The van der Waals surface area contributed by atoms with Crippen LogP contribution in [0.4, 0.5) is 0 Å².